The zero-order chi connectivity index (χ0) is 19.6. The summed E-state index contributed by atoms with van der Waals surface area (Å²) in [6.45, 7) is 7.12. The third-order valence-electron chi connectivity index (χ3n) is 4.49. The summed E-state index contributed by atoms with van der Waals surface area (Å²) in [4.78, 5) is 11.9. The van der Waals surface area contributed by atoms with E-state index in [-0.39, 0.29) is 5.97 Å². The van der Waals surface area contributed by atoms with Gasteiger partial charge in [0.1, 0.15) is 0 Å². The molecular weight excluding hydrogens is 356 g/mol. The van der Waals surface area contributed by atoms with E-state index in [0.29, 0.717) is 23.2 Å². The normalized spacial score (nSPS) is 11.5. The molecular formula is C22H28N2O2S. The fourth-order valence-corrected chi connectivity index (χ4v) is 3.00. The average Bonchev–Trinajstić information content (AvgIpc) is 2.67. The number of hydrogen-bond acceptors (Lipinski definition) is 3. The van der Waals surface area contributed by atoms with Gasteiger partial charge in [-0.1, -0.05) is 49.7 Å². The van der Waals surface area contributed by atoms with Crippen molar-refractivity contribution in [3.63, 3.8) is 0 Å². The molecule has 0 saturated carbocycles. The van der Waals surface area contributed by atoms with E-state index in [9.17, 15) is 4.79 Å². The highest BCUT2D eigenvalue weighted by atomic mass is 32.1. The summed E-state index contributed by atoms with van der Waals surface area (Å²) in [7, 11) is 0. The molecule has 2 aromatic rings. The van der Waals surface area contributed by atoms with Crippen molar-refractivity contribution in [3.05, 3.63) is 65.2 Å². The van der Waals surface area contributed by atoms with Crippen LogP contribution in [0.25, 0.3) is 0 Å². The monoisotopic (exact) mass is 384 g/mol. The third kappa shape index (κ3) is 6.68. The molecule has 0 amide bonds. The number of aryl methyl sites for hydroxylation is 1. The van der Waals surface area contributed by atoms with Gasteiger partial charge in [0.15, 0.2) is 5.11 Å². The van der Waals surface area contributed by atoms with E-state index < -0.39 is 0 Å². The van der Waals surface area contributed by atoms with Crippen LogP contribution in [0.5, 0.6) is 0 Å². The molecule has 2 aromatic carbocycles. The lowest BCUT2D eigenvalue weighted by Gasteiger charge is -2.18. The Morgan fingerprint density at radius 1 is 1.15 bits per heavy atom. The second-order valence-electron chi connectivity index (χ2n) is 6.55. The van der Waals surface area contributed by atoms with Gasteiger partial charge in [-0.25, -0.2) is 4.79 Å². The fourth-order valence-electron chi connectivity index (χ4n) is 2.81. The summed E-state index contributed by atoms with van der Waals surface area (Å²) in [6, 6.07) is 15.9. The van der Waals surface area contributed by atoms with Crippen molar-refractivity contribution >= 4 is 29.0 Å². The number of anilines is 1. The zero-order valence-corrected chi connectivity index (χ0v) is 17.1. The van der Waals surface area contributed by atoms with Crippen LogP contribution >= 0.6 is 12.2 Å². The zero-order valence-electron chi connectivity index (χ0n) is 16.2. The van der Waals surface area contributed by atoms with Crippen molar-refractivity contribution < 1.29 is 9.53 Å². The summed E-state index contributed by atoms with van der Waals surface area (Å²) in [6.07, 6.45) is 2.09. The Hall–Kier alpha value is -2.40. The van der Waals surface area contributed by atoms with Gasteiger partial charge in [0, 0.05) is 12.2 Å². The first-order chi connectivity index (χ1) is 13.0. The van der Waals surface area contributed by atoms with E-state index in [1.54, 1.807) is 19.1 Å². The van der Waals surface area contributed by atoms with E-state index in [4.69, 9.17) is 17.0 Å². The number of benzene rings is 2. The summed E-state index contributed by atoms with van der Waals surface area (Å²) in [5, 5.41) is 7.07. The van der Waals surface area contributed by atoms with E-state index in [1.165, 1.54) is 5.56 Å². The van der Waals surface area contributed by atoms with Crippen LogP contribution in [0.2, 0.25) is 0 Å². The maximum atomic E-state index is 11.9. The van der Waals surface area contributed by atoms with E-state index in [2.05, 4.69) is 41.8 Å². The Morgan fingerprint density at radius 3 is 2.56 bits per heavy atom. The van der Waals surface area contributed by atoms with Crippen LogP contribution in [0.1, 0.15) is 41.8 Å². The van der Waals surface area contributed by atoms with Gasteiger partial charge in [-0.05, 0) is 61.7 Å². The molecule has 4 nitrogen and oxygen atoms in total. The second-order valence-corrected chi connectivity index (χ2v) is 6.96. The van der Waals surface area contributed by atoms with Crippen molar-refractivity contribution in [2.45, 2.75) is 33.6 Å². The largest absolute Gasteiger partial charge is 0.462 e. The van der Waals surface area contributed by atoms with Crippen LogP contribution in [0.3, 0.4) is 0 Å². The van der Waals surface area contributed by atoms with Crippen LogP contribution in [-0.4, -0.2) is 24.2 Å². The van der Waals surface area contributed by atoms with Gasteiger partial charge in [-0.3, -0.25) is 0 Å². The van der Waals surface area contributed by atoms with Gasteiger partial charge in [0.25, 0.3) is 0 Å². The van der Waals surface area contributed by atoms with Crippen LogP contribution in [0, 0.1) is 12.8 Å². The Morgan fingerprint density at radius 2 is 1.89 bits per heavy atom. The van der Waals surface area contributed by atoms with Crippen LogP contribution in [0.15, 0.2) is 48.5 Å². The Bertz CT molecular complexity index is 762. The molecule has 1 atom stereocenters. The predicted octanol–water partition coefficient (Wildman–Crippen LogP) is 4.73. The van der Waals surface area contributed by atoms with E-state index in [1.807, 2.05) is 19.1 Å². The molecule has 0 aliphatic carbocycles. The van der Waals surface area contributed by atoms with E-state index in [0.717, 1.165) is 30.6 Å². The minimum atomic E-state index is -0.326. The molecule has 0 saturated heterocycles. The highest BCUT2D eigenvalue weighted by Gasteiger charge is 2.11. The second kappa shape index (κ2) is 10.7. The lowest BCUT2D eigenvalue weighted by molar-refractivity contribution is 0.0526. The Labute approximate surface area is 167 Å². The molecule has 0 bridgehead atoms. The first-order valence-electron chi connectivity index (χ1n) is 9.40. The lowest BCUT2D eigenvalue weighted by Crippen LogP contribution is -2.33. The molecule has 0 aliphatic heterocycles. The summed E-state index contributed by atoms with van der Waals surface area (Å²) >= 11 is 5.45. The first-order valence-corrected chi connectivity index (χ1v) is 9.80. The number of nitrogens with one attached hydrogen (secondary N) is 2. The minimum absolute atomic E-state index is 0.326. The molecule has 27 heavy (non-hydrogen) atoms. The van der Waals surface area contributed by atoms with Gasteiger partial charge < -0.3 is 15.4 Å². The molecule has 0 aliphatic rings. The molecule has 0 fully saturated rings. The van der Waals surface area contributed by atoms with Gasteiger partial charge in [0.2, 0.25) is 0 Å². The fraction of sp³-hybridized carbons (Fsp3) is 0.364. The molecule has 144 valence electrons. The third-order valence-corrected chi connectivity index (χ3v) is 4.74. The van der Waals surface area contributed by atoms with Crippen LogP contribution in [0.4, 0.5) is 5.69 Å². The first kappa shape index (κ1) is 20.9. The highest BCUT2D eigenvalue weighted by Crippen LogP contribution is 2.18. The molecule has 0 spiro atoms. The number of hydrogen-bond donors (Lipinski definition) is 2. The molecule has 5 heteroatoms. The van der Waals surface area contributed by atoms with Crippen LogP contribution < -0.4 is 10.6 Å². The Balaban J connectivity index is 1.92. The molecule has 0 radical (unpaired) electrons. The van der Waals surface area contributed by atoms with Crippen LogP contribution in [-0.2, 0) is 11.2 Å². The van der Waals surface area contributed by atoms with Crippen molar-refractivity contribution in [2.75, 3.05) is 18.5 Å². The maximum Gasteiger partial charge on any atom is 0.338 e. The van der Waals surface area contributed by atoms with Crippen molar-refractivity contribution in [1.29, 1.82) is 0 Å². The number of carbonyl (C=O) groups excluding carboxylic acids is 1. The molecule has 0 aromatic heterocycles. The van der Waals surface area contributed by atoms with Crippen molar-refractivity contribution in [3.8, 4) is 0 Å². The standard InChI is InChI=1S/C22H28N2O2S/c1-4-17(13-18-9-7-6-8-10-18)15-23-22(27)24-20-14-19(12-11-16(20)3)21(25)26-5-2/h6-12,14,17H,4-5,13,15H2,1-3H3,(H2,23,24,27)/t17-/m0/s1. The lowest BCUT2D eigenvalue weighted by atomic mass is 9.97. The molecule has 2 rings (SSSR count). The number of ether oxygens (including phenoxy) is 1. The predicted molar refractivity (Wildman–Crippen MR) is 115 cm³/mol. The topological polar surface area (TPSA) is 50.4 Å². The maximum absolute atomic E-state index is 11.9. The van der Waals surface area contributed by atoms with E-state index >= 15 is 0 Å². The quantitative estimate of drug-likeness (QED) is 0.509. The molecule has 0 unspecified atom stereocenters. The number of carbonyl (C=O) groups is 1. The van der Waals surface area contributed by atoms with Gasteiger partial charge in [0.05, 0.1) is 12.2 Å². The van der Waals surface area contributed by atoms with Gasteiger partial charge in [-0.2, -0.15) is 0 Å². The smallest absolute Gasteiger partial charge is 0.338 e. The summed E-state index contributed by atoms with van der Waals surface area (Å²) in [5.41, 5.74) is 3.68. The van der Waals surface area contributed by atoms with Gasteiger partial charge in [-0.15, -0.1) is 0 Å². The molecule has 0 heterocycles. The van der Waals surface area contributed by atoms with Crippen molar-refractivity contribution in [1.82, 2.24) is 5.32 Å². The average molecular weight is 385 g/mol. The summed E-state index contributed by atoms with van der Waals surface area (Å²) < 4.78 is 5.06. The SMILES string of the molecule is CCOC(=O)c1ccc(C)c(NC(=S)NC[C@@H](CC)Cc2ccccc2)c1. The number of rotatable bonds is 8. The number of esters is 1. The minimum Gasteiger partial charge on any atom is -0.462 e. The number of thiocarbonyl (C=S) groups is 1. The van der Waals surface area contributed by atoms with Crippen molar-refractivity contribution in [2.24, 2.45) is 5.92 Å². The summed E-state index contributed by atoms with van der Waals surface area (Å²) in [5.74, 6) is 0.174. The molecule has 2 N–H and O–H groups in total. The van der Waals surface area contributed by atoms with Gasteiger partial charge >= 0.3 is 5.97 Å². The highest BCUT2D eigenvalue weighted by molar-refractivity contribution is 7.80. The Kier molecular flexibility index (Phi) is 8.27.